The first kappa shape index (κ1) is 13.7. The summed E-state index contributed by atoms with van der Waals surface area (Å²) in [6, 6.07) is 20.4. The molecule has 0 unspecified atom stereocenters. The first-order valence-electron chi connectivity index (χ1n) is 6.28. The average Bonchev–Trinajstić information content (AvgIpc) is 2.51. The lowest BCUT2D eigenvalue weighted by atomic mass is 10.1. The van der Waals surface area contributed by atoms with Gasteiger partial charge >= 0.3 is 0 Å². The summed E-state index contributed by atoms with van der Waals surface area (Å²) in [4.78, 5) is 0. The van der Waals surface area contributed by atoms with Crippen molar-refractivity contribution in [2.75, 3.05) is 0 Å². The van der Waals surface area contributed by atoms with Crippen LogP contribution in [0.5, 0.6) is 11.5 Å². The standard InChI is InChI=1S/C17H12Br2O/c18-11-13-6-2-4-8-15(13)20-16-10-9-12-5-1-3-7-14(12)17(16)19/h1-10H,11H2. The van der Waals surface area contributed by atoms with Crippen LogP contribution in [0.3, 0.4) is 0 Å². The van der Waals surface area contributed by atoms with Crippen LogP contribution in [0.2, 0.25) is 0 Å². The van der Waals surface area contributed by atoms with Gasteiger partial charge < -0.3 is 4.74 Å². The number of fused-ring (bicyclic) bond motifs is 1. The smallest absolute Gasteiger partial charge is 0.142 e. The fourth-order valence-electron chi connectivity index (χ4n) is 2.12. The second kappa shape index (κ2) is 5.98. The third-order valence-electron chi connectivity index (χ3n) is 3.16. The van der Waals surface area contributed by atoms with Gasteiger partial charge in [-0.25, -0.2) is 0 Å². The van der Waals surface area contributed by atoms with E-state index in [1.165, 1.54) is 5.39 Å². The molecule has 0 radical (unpaired) electrons. The van der Waals surface area contributed by atoms with E-state index in [-0.39, 0.29) is 0 Å². The first-order chi connectivity index (χ1) is 9.79. The fourth-order valence-corrected chi connectivity index (χ4v) is 3.16. The van der Waals surface area contributed by atoms with Crippen LogP contribution < -0.4 is 4.74 Å². The molecule has 0 spiro atoms. The van der Waals surface area contributed by atoms with Gasteiger partial charge in [0.05, 0.1) is 4.47 Å². The molecular formula is C17H12Br2O. The second-order valence-corrected chi connectivity index (χ2v) is 5.80. The molecule has 3 aromatic rings. The minimum atomic E-state index is 0.772. The van der Waals surface area contributed by atoms with E-state index in [2.05, 4.69) is 56.1 Å². The van der Waals surface area contributed by atoms with E-state index in [1.807, 2.05) is 36.4 Å². The van der Waals surface area contributed by atoms with Crippen molar-refractivity contribution in [3.63, 3.8) is 0 Å². The summed E-state index contributed by atoms with van der Waals surface area (Å²) < 4.78 is 7.05. The number of rotatable bonds is 3. The highest BCUT2D eigenvalue weighted by molar-refractivity contribution is 9.10. The lowest BCUT2D eigenvalue weighted by molar-refractivity contribution is 0.476. The highest BCUT2D eigenvalue weighted by Crippen LogP contribution is 2.36. The Kier molecular flexibility index (Phi) is 4.08. The van der Waals surface area contributed by atoms with E-state index in [9.17, 15) is 0 Å². The molecule has 0 saturated carbocycles. The molecule has 3 heteroatoms. The normalized spacial score (nSPS) is 10.7. The number of ether oxygens (including phenoxy) is 1. The average molecular weight is 392 g/mol. The summed E-state index contributed by atoms with van der Waals surface area (Å²) in [5.41, 5.74) is 1.13. The van der Waals surface area contributed by atoms with Crippen molar-refractivity contribution in [3.8, 4) is 11.5 Å². The molecule has 3 rings (SSSR count). The van der Waals surface area contributed by atoms with E-state index >= 15 is 0 Å². The Labute approximate surface area is 134 Å². The zero-order chi connectivity index (χ0) is 13.9. The van der Waals surface area contributed by atoms with E-state index in [1.54, 1.807) is 0 Å². The Morgan fingerprint density at radius 3 is 2.40 bits per heavy atom. The Morgan fingerprint density at radius 2 is 1.55 bits per heavy atom. The van der Waals surface area contributed by atoms with Gasteiger partial charge in [-0.2, -0.15) is 0 Å². The summed E-state index contributed by atoms with van der Waals surface area (Å²) >= 11 is 7.14. The number of para-hydroxylation sites is 1. The van der Waals surface area contributed by atoms with Gasteiger partial charge in [-0.15, -0.1) is 0 Å². The molecular weight excluding hydrogens is 380 g/mol. The third-order valence-corrected chi connectivity index (χ3v) is 4.59. The lowest BCUT2D eigenvalue weighted by Crippen LogP contribution is -1.90. The van der Waals surface area contributed by atoms with Gasteiger partial charge in [-0.3, -0.25) is 0 Å². The number of hydrogen-bond acceptors (Lipinski definition) is 1. The summed E-state index contributed by atoms with van der Waals surface area (Å²) in [6.07, 6.45) is 0. The molecule has 0 heterocycles. The second-order valence-electron chi connectivity index (χ2n) is 4.44. The van der Waals surface area contributed by atoms with Crippen molar-refractivity contribution in [3.05, 3.63) is 70.7 Å². The van der Waals surface area contributed by atoms with Gasteiger partial charge in [-0.05, 0) is 38.8 Å². The molecule has 3 aromatic carbocycles. The van der Waals surface area contributed by atoms with E-state index < -0.39 is 0 Å². The Bertz CT molecular complexity index is 753. The molecule has 0 aromatic heterocycles. The van der Waals surface area contributed by atoms with Gasteiger partial charge in [0.25, 0.3) is 0 Å². The summed E-state index contributed by atoms with van der Waals surface area (Å²) in [6.45, 7) is 0. The fraction of sp³-hybridized carbons (Fsp3) is 0.0588. The van der Waals surface area contributed by atoms with Gasteiger partial charge in [0.1, 0.15) is 11.5 Å². The lowest BCUT2D eigenvalue weighted by Gasteiger charge is -2.12. The van der Waals surface area contributed by atoms with Crippen molar-refractivity contribution in [2.45, 2.75) is 5.33 Å². The van der Waals surface area contributed by atoms with Crippen LogP contribution in [-0.4, -0.2) is 0 Å². The molecule has 1 nitrogen and oxygen atoms in total. The monoisotopic (exact) mass is 390 g/mol. The predicted molar refractivity (Wildman–Crippen MR) is 90.8 cm³/mol. The van der Waals surface area contributed by atoms with Crippen molar-refractivity contribution < 1.29 is 4.74 Å². The van der Waals surface area contributed by atoms with Crippen LogP contribution in [0.1, 0.15) is 5.56 Å². The SMILES string of the molecule is BrCc1ccccc1Oc1ccc2ccccc2c1Br. The van der Waals surface area contributed by atoms with Crippen molar-refractivity contribution in [1.29, 1.82) is 0 Å². The molecule has 100 valence electrons. The first-order valence-corrected chi connectivity index (χ1v) is 8.20. The Balaban J connectivity index is 2.05. The van der Waals surface area contributed by atoms with Gasteiger partial charge in [0.2, 0.25) is 0 Å². The van der Waals surface area contributed by atoms with Gasteiger partial charge in [0, 0.05) is 10.9 Å². The van der Waals surface area contributed by atoms with Crippen LogP contribution in [0.15, 0.2) is 65.1 Å². The maximum atomic E-state index is 6.06. The van der Waals surface area contributed by atoms with E-state index in [4.69, 9.17) is 4.74 Å². The van der Waals surface area contributed by atoms with Crippen LogP contribution in [0.25, 0.3) is 10.8 Å². The topological polar surface area (TPSA) is 9.23 Å². The van der Waals surface area contributed by atoms with E-state index in [0.29, 0.717) is 0 Å². The van der Waals surface area contributed by atoms with Crippen LogP contribution in [0.4, 0.5) is 0 Å². The van der Waals surface area contributed by atoms with Crippen molar-refractivity contribution in [1.82, 2.24) is 0 Å². The minimum absolute atomic E-state index is 0.772. The number of alkyl halides is 1. The molecule has 20 heavy (non-hydrogen) atoms. The highest BCUT2D eigenvalue weighted by atomic mass is 79.9. The van der Waals surface area contributed by atoms with Gasteiger partial charge in [0.15, 0.2) is 0 Å². The summed E-state index contributed by atoms with van der Waals surface area (Å²) in [5.74, 6) is 1.71. The van der Waals surface area contributed by atoms with Crippen molar-refractivity contribution >= 4 is 42.6 Å². The molecule has 0 aliphatic rings. The van der Waals surface area contributed by atoms with Gasteiger partial charge in [-0.1, -0.05) is 64.5 Å². The maximum absolute atomic E-state index is 6.06. The minimum Gasteiger partial charge on any atom is -0.456 e. The number of hydrogen-bond donors (Lipinski definition) is 0. The quantitative estimate of drug-likeness (QED) is 0.476. The zero-order valence-electron chi connectivity index (χ0n) is 10.6. The molecule has 0 fully saturated rings. The highest BCUT2D eigenvalue weighted by Gasteiger charge is 2.09. The number of halogens is 2. The van der Waals surface area contributed by atoms with Crippen LogP contribution >= 0.6 is 31.9 Å². The molecule has 0 N–H and O–H groups in total. The molecule has 0 atom stereocenters. The number of benzene rings is 3. The van der Waals surface area contributed by atoms with Crippen LogP contribution in [0, 0.1) is 0 Å². The van der Waals surface area contributed by atoms with E-state index in [0.717, 1.165) is 32.3 Å². The van der Waals surface area contributed by atoms with Crippen molar-refractivity contribution in [2.24, 2.45) is 0 Å². The maximum Gasteiger partial charge on any atom is 0.142 e. The zero-order valence-corrected chi connectivity index (χ0v) is 13.8. The Morgan fingerprint density at radius 1 is 0.800 bits per heavy atom. The molecule has 0 bridgehead atoms. The predicted octanol–water partition coefficient (Wildman–Crippen LogP) is 6.29. The molecule has 0 aliphatic heterocycles. The molecule has 0 aliphatic carbocycles. The summed E-state index contributed by atoms with van der Waals surface area (Å²) in [5, 5.41) is 3.12. The Hall–Kier alpha value is -1.32. The molecule has 0 saturated heterocycles. The largest absolute Gasteiger partial charge is 0.456 e. The third kappa shape index (κ3) is 2.60. The summed E-state index contributed by atoms with van der Waals surface area (Å²) in [7, 11) is 0. The molecule has 0 amide bonds. The van der Waals surface area contributed by atoms with Crippen LogP contribution in [-0.2, 0) is 5.33 Å².